The van der Waals surface area contributed by atoms with Crippen LogP contribution >= 0.6 is 0 Å². The molecule has 1 aromatic carbocycles. The topological polar surface area (TPSA) is 54.6 Å². The number of fused-ring (bicyclic) bond motifs is 1. The highest BCUT2D eigenvalue weighted by Gasteiger charge is 2.13. The van der Waals surface area contributed by atoms with Crippen LogP contribution in [0.2, 0.25) is 0 Å². The van der Waals surface area contributed by atoms with Crippen molar-refractivity contribution >= 4 is 22.6 Å². The number of hydrogen-bond donors (Lipinski definition) is 1. The fraction of sp³-hybridized carbons (Fsp3) is 0.368. The van der Waals surface area contributed by atoms with Gasteiger partial charge in [0.15, 0.2) is 0 Å². The van der Waals surface area contributed by atoms with Crippen molar-refractivity contribution in [2.24, 2.45) is 4.99 Å². The molecule has 4 nitrogen and oxygen atoms in total. The van der Waals surface area contributed by atoms with Crippen molar-refractivity contribution in [2.75, 3.05) is 13.6 Å². The molecule has 0 atom stereocenters. The third kappa shape index (κ3) is 4.81. The van der Waals surface area contributed by atoms with Gasteiger partial charge in [-0.1, -0.05) is 32.9 Å². The number of carbonyl (C=O) groups excluding carboxylic acids is 1. The summed E-state index contributed by atoms with van der Waals surface area (Å²) in [7, 11) is 1.72. The first-order chi connectivity index (χ1) is 11.2. The molecule has 0 spiro atoms. The Balaban J connectivity index is 0.00000127. The van der Waals surface area contributed by atoms with E-state index in [0.29, 0.717) is 12.1 Å². The smallest absolute Gasteiger partial charge is 0.252 e. The van der Waals surface area contributed by atoms with E-state index in [1.807, 2.05) is 51.1 Å². The van der Waals surface area contributed by atoms with E-state index in [9.17, 15) is 4.79 Å². The van der Waals surface area contributed by atoms with Crippen LogP contribution in [0, 0.1) is 6.92 Å². The third-order valence-electron chi connectivity index (χ3n) is 3.32. The average Bonchev–Trinajstić information content (AvgIpc) is 3.07. The van der Waals surface area contributed by atoms with Crippen LogP contribution in [0.3, 0.4) is 0 Å². The molecule has 0 aliphatic heterocycles. The van der Waals surface area contributed by atoms with Gasteiger partial charge in [-0.05, 0) is 37.1 Å². The lowest BCUT2D eigenvalue weighted by Crippen LogP contribution is -2.29. The zero-order valence-corrected chi connectivity index (χ0v) is 14.6. The summed E-state index contributed by atoms with van der Waals surface area (Å²) in [6.45, 7) is 8.44. The molecular formula is C19H26N2O2. The maximum absolute atomic E-state index is 12.3. The van der Waals surface area contributed by atoms with E-state index in [1.54, 1.807) is 13.3 Å². The van der Waals surface area contributed by atoms with Gasteiger partial charge in [-0.3, -0.25) is 9.79 Å². The minimum Gasteiger partial charge on any atom is -0.464 e. The Morgan fingerprint density at radius 3 is 2.70 bits per heavy atom. The van der Waals surface area contributed by atoms with Gasteiger partial charge in [0, 0.05) is 12.4 Å². The zero-order chi connectivity index (χ0) is 17.2. The van der Waals surface area contributed by atoms with Crippen LogP contribution in [0.5, 0.6) is 0 Å². The minimum atomic E-state index is -0.118. The highest BCUT2D eigenvalue weighted by molar-refractivity contribution is 6.08. The van der Waals surface area contributed by atoms with E-state index >= 15 is 0 Å². The molecule has 0 aliphatic carbocycles. The first-order valence-electron chi connectivity index (χ1n) is 8.04. The summed E-state index contributed by atoms with van der Waals surface area (Å²) in [5.41, 5.74) is 3.26. The van der Waals surface area contributed by atoms with Crippen molar-refractivity contribution in [3.05, 3.63) is 47.7 Å². The Bertz CT molecular complexity index is 696. The Morgan fingerprint density at radius 1 is 1.30 bits per heavy atom. The second-order valence-electron chi connectivity index (χ2n) is 4.80. The Morgan fingerprint density at radius 2 is 2.04 bits per heavy atom. The van der Waals surface area contributed by atoms with E-state index in [1.165, 1.54) is 0 Å². The molecular weight excluding hydrogens is 288 g/mol. The van der Waals surface area contributed by atoms with E-state index in [0.717, 1.165) is 28.7 Å². The standard InChI is InChI=1S/C17H20N2O2.C2H6/c1-4-5-6-13(18-3)11-19-17(20)15-8-7-12(2)16-14(15)9-10-21-16;1-2/h5-10H,4,11H2,1-3H3,(H,19,20);1-2H3/b6-5-,18-13?;. The Labute approximate surface area is 138 Å². The molecule has 0 fully saturated rings. The molecule has 0 aliphatic rings. The number of aliphatic imine (C=N–C) groups is 1. The summed E-state index contributed by atoms with van der Waals surface area (Å²) in [5.74, 6) is -0.118. The molecule has 0 unspecified atom stereocenters. The molecule has 2 aromatic rings. The summed E-state index contributed by atoms with van der Waals surface area (Å²) in [4.78, 5) is 16.5. The number of rotatable bonds is 5. The molecule has 1 amide bonds. The van der Waals surface area contributed by atoms with Crippen LogP contribution in [0.1, 0.15) is 43.1 Å². The largest absolute Gasteiger partial charge is 0.464 e. The highest BCUT2D eigenvalue weighted by Crippen LogP contribution is 2.23. The Hall–Kier alpha value is -2.36. The minimum absolute atomic E-state index is 0.118. The van der Waals surface area contributed by atoms with Crippen molar-refractivity contribution in [1.29, 1.82) is 0 Å². The van der Waals surface area contributed by atoms with Crippen molar-refractivity contribution in [1.82, 2.24) is 5.32 Å². The molecule has 1 aromatic heterocycles. The molecule has 0 radical (unpaired) electrons. The fourth-order valence-electron chi connectivity index (χ4n) is 2.13. The summed E-state index contributed by atoms with van der Waals surface area (Å²) in [6, 6.07) is 5.54. The third-order valence-corrected chi connectivity index (χ3v) is 3.32. The lowest BCUT2D eigenvalue weighted by molar-refractivity contribution is 0.0961. The molecule has 4 heteroatoms. The lowest BCUT2D eigenvalue weighted by atomic mass is 10.1. The molecule has 0 saturated carbocycles. The number of benzene rings is 1. The number of nitrogens with zero attached hydrogens (tertiary/aromatic N) is 1. The number of carbonyl (C=O) groups is 1. The lowest BCUT2D eigenvalue weighted by Gasteiger charge is -2.07. The number of nitrogens with one attached hydrogen (secondary N) is 1. The average molecular weight is 314 g/mol. The quantitative estimate of drug-likeness (QED) is 0.824. The Kier molecular flexibility index (Phi) is 7.81. The molecule has 1 N–H and O–H groups in total. The van der Waals surface area contributed by atoms with Gasteiger partial charge in [0.25, 0.3) is 5.91 Å². The molecule has 1 heterocycles. The van der Waals surface area contributed by atoms with Crippen molar-refractivity contribution in [2.45, 2.75) is 34.1 Å². The van der Waals surface area contributed by atoms with Crippen molar-refractivity contribution < 1.29 is 9.21 Å². The van der Waals surface area contributed by atoms with E-state index in [2.05, 4.69) is 17.2 Å². The molecule has 0 bridgehead atoms. The van der Waals surface area contributed by atoms with E-state index in [4.69, 9.17) is 4.42 Å². The first-order valence-corrected chi connectivity index (χ1v) is 8.04. The number of furan rings is 1. The van der Waals surface area contributed by atoms with E-state index < -0.39 is 0 Å². The van der Waals surface area contributed by atoms with Crippen LogP contribution in [0.15, 0.2) is 46.0 Å². The van der Waals surface area contributed by atoms with Gasteiger partial charge in [0.2, 0.25) is 0 Å². The summed E-state index contributed by atoms with van der Waals surface area (Å²) >= 11 is 0. The second kappa shape index (κ2) is 9.62. The van der Waals surface area contributed by atoms with Gasteiger partial charge in [-0.25, -0.2) is 0 Å². The molecule has 2 rings (SSSR count). The van der Waals surface area contributed by atoms with Gasteiger partial charge < -0.3 is 9.73 Å². The van der Waals surface area contributed by atoms with Crippen LogP contribution < -0.4 is 5.32 Å². The van der Waals surface area contributed by atoms with Crippen LogP contribution in [-0.2, 0) is 0 Å². The first kappa shape index (κ1) is 18.7. The zero-order valence-electron chi connectivity index (χ0n) is 14.6. The number of amides is 1. The van der Waals surface area contributed by atoms with Gasteiger partial charge in [0.05, 0.1) is 24.1 Å². The molecule has 0 saturated heterocycles. The van der Waals surface area contributed by atoms with Crippen LogP contribution in [0.25, 0.3) is 11.0 Å². The highest BCUT2D eigenvalue weighted by atomic mass is 16.3. The predicted molar refractivity (Wildman–Crippen MR) is 97.4 cm³/mol. The summed E-state index contributed by atoms with van der Waals surface area (Å²) in [5, 5.41) is 3.74. The maximum atomic E-state index is 12.3. The van der Waals surface area contributed by atoms with E-state index in [-0.39, 0.29) is 5.91 Å². The normalized spacial score (nSPS) is 11.4. The molecule has 124 valence electrons. The maximum Gasteiger partial charge on any atom is 0.252 e. The summed E-state index contributed by atoms with van der Waals surface area (Å²) in [6.07, 6.45) is 6.51. The van der Waals surface area contributed by atoms with Crippen LogP contribution in [-0.4, -0.2) is 25.2 Å². The van der Waals surface area contributed by atoms with Crippen LogP contribution in [0.4, 0.5) is 0 Å². The fourth-order valence-corrected chi connectivity index (χ4v) is 2.13. The predicted octanol–water partition coefficient (Wildman–Crippen LogP) is 4.53. The summed E-state index contributed by atoms with van der Waals surface area (Å²) < 4.78 is 5.42. The van der Waals surface area contributed by atoms with Gasteiger partial charge >= 0.3 is 0 Å². The van der Waals surface area contributed by atoms with Gasteiger partial charge in [0.1, 0.15) is 5.58 Å². The number of allylic oxidation sites excluding steroid dienone is 1. The van der Waals surface area contributed by atoms with Gasteiger partial charge in [-0.2, -0.15) is 0 Å². The van der Waals surface area contributed by atoms with Crippen molar-refractivity contribution in [3.8, 4) is 0 Å². The monoisotopic (exact) mass is 314 g/mol. The SMILES string of the molecule is CC.CC/C=C\C(CNC(=O)c1ccc(C)c2occc12)=NC. The number of aryl methyl sites for hydroxylation is 1. The second-order valence-corrected chi connectivity index (χ2v) is 4.80. The van der Waals surface area contributed by atoms with Gasteiger partial charge in [-0.15, -0.1) is 0 Å². The van der Waals surface area contributed by atoms with Crippen molar-refractivity contribution in [3.63, 3.8) is 0 Å². The number of hydrogen-bond acceptors (Lipinski definition) is 3. The molecule has 23 heavy (non-hydrogen) atoms.